The van der Waals surface area contributed by atoms with Crippen LogP contribution in [0.2, 0.25) is 0 Å². The van der Waals surface area contributed by atoms with E-state index in [9.17, 15) is 15.2 Å². The standard InChI is InChI=1S/C26H29N5O4/c1-13(2)34-21-8-5-16(11-17(21)12-27)26-30-25(31-35-26)19-6-7-20-18(14(19)3)9-10-29-23(20)24(33)22(28)15(4)32/h5-8,11,13,15,22-23,29,32H,9-10,28H2,1-4H3/t15-,22-,23?/m1/s1. The van der Waals surface area contributed by atoms with Crippen LogP contribution < -0.4 is 15.8 Å². The van der Waals surface area contributed by atoms with E-state index >= 15 is 0 Å². The summed E-state index contributed by atoms with van der Waals surface area (Å²) < 4.78 is 11.2. The highest BCUT2D eigenvalue weighted by molar-refractivity contribution is 5.91. The average molecular weight is 476 g/mol. The maximum Gasteiger partial charge on any atom is 0.258 e. The van der Waals surface area contributed by atoms with Gasteiger partial charge in [-0.1, -0.05) is 17.3 Å². The lowest BCUT2D eigenvalue weighted by Gasteiger charge is -2.30. The van der Waals surface area contributed by atoms with Crippen LogP contribution in [0.5, 0.6) is 5.75 Å². The Morgan fingerprint density at radius 2 is 2.09 bits per heavy atom. The molecule has 4 rings (SSSR count). The molecule has 3 aromatic rings. The molecule has 182 valence electrons. The van der Waals surface area contributed by atoms with E-state index in [1.165, 1.54) is 6.92 Å². The van der Waals surface area contributed by atoms with E-state index in [1.54, 1.807) is 18.2 Å². The fourth-order valence-electron chi connectivity index (χ4n) is 4.32. The second-order valence-corrected chi connectivity index (χ2v) is 9.02. The van der Waals surface area contributed by atoms with Crippen molar-refractivity contribution in [3.63, 3.8) is 0 Å². The van der Waals surface area contributed by atoms with E-state index in [0.717, 1.165) is 28.7 Å². The molecule has 2 heterocycles. The number of nitrogens with zero attached hydrogens (tertiary/aromatic N) is 3. The Kier molecular flexibility index (Phi) is 6.98. The van der Waals surface area contributed by atoms with Crippen molar-refractivity contribution in [3.05, 3.63) is 52.6 Å². The summed E-state index contributed by atoms with van der Waals surface area (Å²) >= 11 is 0. The SMILES string of the molecule is Cc1c(-c2noc(-c3ccc(OC(C)C)c(C#N)c3)n2)ccc2c1CCNC2C(=O)[C@H](N)[C@@H](C)O. The van der Waals surface area contributed by atoms with Crippen LogP contribution in [0.25, 0.3) is 22.8 Å². The van der Waals surface area contributed by atoms with Crippen molar-refractivity contribution in [2.75, 3.05) is 6.54 Å². The minimum absolute atomic E-state index is 0.0530. The van der Waals surface area contributed by atoms with Crippen molar-refractivity contribution in [2.45, 2.75) is 58.4 Å². The fourth-order valence-corrected chi connectivity index (χ4v) is 4.32. The topological polar surface area (TPSA) is 147 Å². The van der Waals surface area contributed by atoms with Gasteiger partial charge in [-0.15, -0.1) is 0 Å². The molecule has 1 aliphatic heterocycles. The van der Waals surface area contributed by atoms with Crippen molar-refractivity contribution < 1.29 is 19.2 Å². The first-order valence-electron chi connectivity index (χ1n) is 11.6. The Bertz CT molecular complexity index is 1290. The van der Waals surface area contributed by atoms with Crippen molar-refractivity contribution >= 4 is 5.78 Å². The Hall–Kier alpha value is -3.58. The number of hydrogen-bond acceptors (Lipinski definition) is 9. The van der Waals surface area contributed by atoms with Gasteiger partial charge in [0.25, 0.3) is 5.89 Å². The van der Waals surface area contributed by atoms with E-state index in [2.05, 4.69) is 21.5 Å². The van der Waals surface area contributed by atoms with E-state index in [1.807, 2.05) is 32.9 Å². The number of Topliss-reactive ketones (excluding diaryl/α,β-unsaturated/α-hetero) is 1. The molecule has 0 fully saturated rings. The number of aliphatic hydroxyl groups excluding tert-OH is 1. The van der Waals surface area contributed by atoms with E-state index in [0.29, 0.717) is 35.1 Å². The summed E-state index contributed by atoms with van der Waals surface area (Å²) in [7, 11) is 0. The summed E-state index contributed by atoms with van der Waals surface area (Å²) in [5.41, 5.74) is 10.6. The number of carbonyl (C=O) groups is 1. The maximum atomic E-state index is 12.8. The lowest BCUT2D eigenvalue weighted by molar-refractivity contribution is -0.124. The molecular weight excluding hydrogens is 446 g/mol. The van der Waals surface area contributed by atoms with Gasteiger partial charge in [0.1, 0.15) is 11.8 Å². The molecule has 2 aromatic carbocycles. The number of aromatic nitrogens is 2. The molecule has 1 aliphatic rings. The molecule has 1 unspecified atom stereocenters. The highest BCUT2D eigenvalue weighted by atomic mass is 16.5. The van der Waals surface area contributed by atoms with Gasteiger partial charge in [-0.3, -0.25) is 4.79 Å². The van der Waals surface area contributed by atoms with Crippen molar-refractivity contribution in [2.24, 2.45) is 5.73 Å². The minimum Gasteiger partial charge on any atom is -0.490 e. The van der Waals surface area contributed by atoms with E-state index in [-0.39, 0.29) is 11.9 Å². The van der Waals surface area contributed by atoms with E-state index < -0.39 is 18.2 Å². The molecule has 0 amide bonds. The quantitative estimate of drug-likeness (QED) is 0.469. The largest absolute Gasteiger partial charge is 0.490 e. The van der Waals surface area contributed by atoms with Crippen LogP contribution in [0.3, 0.4) is 0 Å². The number of hydrogen-bond donors (Lipinski definition) is 3. The summed E-state index contributed by atoms with van der Waals surface area (Å²) in [6, 6.07) is 9.53. The second-order valence-electron chi connectivity index (χ2n) is 9.02. The summed E-state index contributed by atoms with van der Waals surface area (Å²) in [5, 5.41) is 26.7. The number of carbonyl (C=O) groups excluding carboxylic acids is 1. The Balaban J connectivity index is 1.66. The smallest absolute Gasteiger partial charge is 0.258 e. The molecule has 0 aliphatic carbocycles. The van der Waals surface area contributed by atoms with Crippen LogP contribution in [0.4, 0.5) is 0 Å². The number of aliphatic hydroxyl groups is 1. The molecule has 0 spiro atoms. The summed E-state index contributed by atoms with van der Waals surface area (Å²) in [6.07, 6.45) is -0.251. The van der Waals surface area contributed by atoms with Crippen LogP contribution in [-0.4, -0.2) is 45.8 Å². The number of benzene rings is 2. The summed E-state index contributed by atoms with van der Waals surface area (Å²) in [5.74, 6) is 0.975. The molecule has 0 radical (unpaired) electrons. The van der Waals surface area contributed by atoms with Gasteiger partial charge in [-0.25, -0.2) is 0 Å². The number of nitrogens with one attached hydrogen (secondary N) is 1. The van der Waals surface area contributed by atoms with Crippen LogP contribution >= 0.6 is 0 Å². The zero-order chi connectivity index (χ0) is 25.3. The molecule has 9 heteroatoms. The fraction of sp³-hybridized carbons (Fsp3) is 0.385. The minimum atomic E-state index is -0.964. The molecule has 0 saturated carbocycles. The predicted molar refractivity (Wildman–Crippen MR) is 129 cm³/mol. The molecule has 4 N–H and O–H groups in total. The lowest BCUT2D eigenvalue weighted by atomic mass is 9.84. The molecular formula is C26H29N5O4. The van der Waals surface area contributed by atoms with Gasteiger partial charge in [0.15, 0.2) is 5.78 Å². The Labute approximate surface area is 203 Å². The Morgan fingerprint density at radius 1 is 1.31 bits per heavy atom. The average Bonchev–Trinajstić information content (AvgIpc) is 3.33. The van der Waals surface area contributed by atoms with E-state index in [4.69, 9.17) is 15.0 Å². The number of nitriles is 1. The van der Waals surface area contributed by atoms with Gasteiger partial charge >= 0.3 is 0 Å². The van der Waals surface area contributed by atoms with Crippen molar-refractivity contribution in [3.8, 4) is 34.7 Å². The maximum absolute atomic E-state index is 12.8. The van der Waals surface area contributed by atoms with Crippen molar-refractivity contribution in [1.82, 2.24) is 15.5 Å². The first-order valence-corrected chi connectivity index (χ1v) is 11.6. The third kappa shape index (κ3) is 4.82. The second kappa shape index (κ2) is 9.96. The predicted octanol–water partition coefficient (Wildman–Crippen LogP) is 2.83. The number of nitrogens with two attached hydrogens (primary N) is 1. The molecule has 3 atom stereocenters. The highest BCUT2D eigenvalue weighted by Gasteiger charge is 2.33. The molecule has 0 saturated heterocycles. The van der Waals surface area contributed by atoms with Crippen LogP contribution in [0.15, 0.2) is 34.9 Å². The molecule has 35 heavy (non-hydrogen) atoms. The van der Waals surface area contributed by atoms with Gasteiger partial charge in [0.2, 0.25) is 5.82 Å². The van der Waals surface area contributed by atoms with Crippen molar-refractivity contribution in [1.29, 1.82) is 5.26 Å². The van der Waals surface area contributed by atoms with Gasteiger partial charge in [0, 0.05) is 17.7 Å². The van der Waals surface area contributed by atoms with Gasteiger partial charge in [-0.05, 0) is 69.0 Å². The number of ether oxygens (including phenoxy) is 1. The van der Waals surface area contributed by atoms with Crippen LogP contribution in [-0.2, 0) is 11.2 Å². The van der Waals surface area contributed by atoms with Crippen LogP contribution in [0, 0.1) is 18.3 Å². The summed E-state index contributed by atoms with van der Waals surface area (Å²) in [4.78, 5) is 17.4. The molecule has 9 nitrogen and oxygen atoms in total. The lowest BCUT2D eigenvalue weighted by Crippen LogP contribution is -2.48. The molecule has 0 bridgehead atoms. The Morgan fingerprint density at radius 3 is 2.77 bits per heavy atom. The molecule has 1 aromatic heterocycles. The van der Waals surface area contributed by atoms with Gasteiger partial charge in [-0.2, -0.15) is 10.2 Å². The number of ketones is 1. The zero-order valence-electron chi connectivity index (χ0n) is 20.2. The third-order valence-electron chi connectivity index (χ3n) is 6.18. The third-order valence-corrected chi connectivity index (χ3v) is 6.18. The first-order chi connectivity index (χ1) is 16.7. The number of rotatable bonds is 7. The first kappa shape index (κ1) is 24.5. The highest BCUT2D eigenvalue weighted by Crippen LogP contribution is 2.34. The monoisotopic (exact) mass is 475 g/mol. The zero-order valence-corrected chi connectivity index (χ0v) is 20.2. The normalized spacial score (nSPS) is 16.9. The number of fused-ring (bicyclic) bond motifs is 1. The van der Waals surface area contributed by atoms with Gasteiger partial charge < -0.3 is 25.4 Å². The van der Waals surface area contributed by atoms with Crippen LogP contribution in [0.1, 0.15) is 49.1 Å². The summed E-state index contributed by atoms with van der Waals surface area (Å²) in [6.45, 7) is 7.89. The van der Waals surface area contributed by atoms with Gasteiger partial charge in [0.05, 0.1) is 29.9 Å².